The average Bonchev–Trinajstić information content (AvgIpc) is 3.14. The van der Waals surface area contributed by atoms with E-state index in [9.17, 15) is 14.4 Å². The number of H-pyrrole nitrogens is 1. The molecule has 0 saturated carbocycles. The van der Waals surface area contributed by atoms with Crippen LogP contribution in [0.15, 0.2) is 15.7 Å². The first-order valence-electron chi connectivity index (χ1n) is 9.84. The quantitative estimate of drug-likeness (QED) is 0.818. The molecule has 7 heteroatoms. The van der Waals surface area contributed by atoms with Crippen molar-refractivity contribution in [3.63, 3.8) is 0 Å². The molecule has 0 aromatic carbocycles. The van der Waals surface area contributed by atoms with E-state index in [4.69, 9.17) is 0 Å². The number of aromatic nitrogens is 2. The Morgan fingerprint density at radius 3 is 2.46 bits per heavy atom. The van der Waals surface area contributed by atoms with Gasteiger partial charge in [0.05, 0.1) is 0 Å². The Kier molecular flexibility index (Phi) is 6.29. The van der Waals surface area contributed by atoms with Gasteiger partial charge in [0.2, 0.25) is 5.91 Å². The van der Waals surface area contributed by atoms with Crippen LogP contribution in [0.5, 0.6) is 0 Å². The van der Waals surface area contributed by atoms with E-state index in [1.54, 1.807) is 6.92 Å². The van der Waals surface area contributed by atoms with Crippen LogP contribution in [0, 0.1) is 12.8 Å². The summed E-state index contributed by atoms with van der Waals surface area (Å²) in [7, 11) is 0. The number of likely N-dealkylation sites (tertiary alicyclic amines) is 2. The van der Waals surface area contributed by atoms with Crippen LogP contribution in [0.25, 0.3) is 0 Å². The van der Waals surface area contributed by atoms with Crippen LogP contribution in [0.4, 0.5) is 0 Å². The van der Waals surface area contributed by atoms with Gasteiger partial charge >= 0.3 is 5.69 Å². The standard InChI is InChI=1S/C19H30N4O3/c1-15-14-18(25)23(19(26)20-15)13-12-21-10-6-16(7-11-21)4-5-17(24)22-8-2-3-9-22/h14,16H,2-13H2,1H3,(H,20,26). The lowest BCUT2D eigenvalue weighted by atomic mass is 9.92. The fourth-order valence-corrected chi connectivity index (χ4v) is 4.04. The van der Waals surface area contributed by atoms with E-state index in [0.29, 0.717) is 37.0 Å². The van der Waals surface area contributed by atoms with Crippen molar-refractivity contribution in [2.45, 2.75) is 52.0 Å². The van der Waals surface area contributed by atoms with Gasteiger partial charge < -0.3 is 14.8 Å². The Morgan fingerprint density at radius 1 is 1.12 bits per heavy atom. The van der Waals surface area contributed by atoms with Gasteiger partial charge in [0, 0.05) is 44.4 Å². The van der Waals surface area contributed by atoms with Crippen LogP contribution < -0.4 is 11.2 Å². The Hall–Kier alpha value is -1.89. The lowest BCUT2D eigenvalue weighted by molar-refractivity contribution is -0.130. The molecule has 0 radical (unpaired) electrons. The minimum Gasteiger partial charge on any atom is -0.343 e. The van der Waals surface area contributed by atoms with Crippen LogP contribution >= 0.6 is 0 Å². The second kappa shape index (κ2) is 8.66. The van der Waals surface area contributed by atoms with Gasteiger partial charge in [-0.2, -0.15) is 0 Å². The molecule has 2 saturated heterocycles. The smallest absolute Gasteiger partial charge is 0.328 e. The van der Waals surface area contributed by atoms with E-state index < -0.39 is 0 Å². The number of hydrogen-bond donors (Lipinski definition) is 1. The Morgan fingerprint density at radius 2 is 1.81 bits per heavy atom. The number of carbonyl (C=O) groups is 1. The predicted octanol–water partition coefficient (Wildman–Crippen LogP) is 0.960. The van der Waals surface area contributed by atoms with E-state index >= 15 is 0 Å². The van der Waals surface area contributed by atoms with E-state index in [1.807, 2.05) is 4.90 Å². The highest BCUT2D eigenvalue weighted by atomic mass is 16.2. The second-order valence-electron chi connectivity index (χ2n) is 7.66. The summed E-state index contributed by atoms with van der Waals surface area (Å²) in [6, 6.07) is 1.46. The van der Waals surface area contributed by atoms with Crippen molar-refractivity contribution in [3.8, 4) is 0 Å². The minimum atomic E-state index is -0.328. The molecule has 0 spiro atoms. The fourth-order valence-electron chi connectivity index (χ4n) is 4.04. The monoisotopic (exact) mass is 362 g/mol. The molecule has 0 atom stereocenters. The summed E-state index contributed by atoms with van der Waals surface area (Å²) in [6.45, 7) is 6.68. The summed E-state index contributed by atoms with van der Waals surface area (Å²) >= 11 is 0. The Balaban J connectivity index is 1.39. The van der Waals surface area contributed by atoms with Crippen molar-refractivity contribution in [3.05, 3.63) is 32.6 Å². The summed E-state index contributed by atoms with van der Waals surface area (Å²) in [5.41, 5.74) is 0.0346. The first kappa shape index (κ1) is 18.9. The molecule has 0 aliphatic carbocycles. The maximum atomic E-state index is 12.2. The first-order valence-corrected chi connectivity index (χ1v) is 9.84. The van der Waals surface area contributed by atoms with Crippen LogP contribution in [0.2, 0.25) is 0 Å². The topological polar surface area (TPSA) is 78.4 Å². The molecule has 2 aliphatic rings. The highest BCUT2D eigenvalue weighted by molar-refractivity contribution is 5.76. The molecule has 0 unspecified atom stereocenters. The Labute approximate surface area is 154 Å². The van der Waals surface area contributed by atoms with E-state index in [-0.39, 0.29) is 11.2 Å². The van der Waals surface area contributed by atoms with E-state index in [0.717, 1.165) is 58.3 Å². The van der Waals surface area contributed by atoms with Gasteiger partial charge in [-0.1, -0.05) is 0 Å². The van der Waals surface area contributed by atoms with Crippen molar-refractivity contribution in [2.24, 2.45) is 5.92 Å². The molecule has 144 valence electrons. The van der Waals surface area contributed by atoms with Gasteiger partial charge in [-0.25, -0.2) is 4.79 Å². The van der Waals surface area contributed by atoms with Crippen molar-refractivity contribution in [2.75, 3.05) is 32.7 Å². The summed E-state index contributed by atoms with van der Waals surface area (Å²) in [6.07, 6.45) is 6.14. The van der Waals surface area contributed by atoms with Gasteiger partial charge in [0.25, 0.3) is 5.56 Å². The number of hydrogen-bond acceptors (Lipinski definition) is 4. The van der Waals surface area contributed by atoms with Crippen molar-refractivity contribution >= 4 is 5.91 Å². The average molecular weight is 362 g/mol. The molecule has 1 amide bonds. The minimum absolute atomic E-state index is 0.235. The molecule has 7 nitrogen and oxygen atoms in total. The van der Waals surface area contributed by atoms with E-state index in [1.165, 1.54) is 10.6 Å². The third-order valence-corrected chi connectivity index (χ3v) is 5.73. The molecule has 2 aliphatic heterocycles. The van der Waals surface area contributed by atoms with Crippen LogP contribution in [-0.4, -0.2) is 58.0 Å². The summed E-state index contributed by atoms with van der Waals surface area (Å²) < 4.78 is 1.27. The molecule has 1 aromatic rings. The highest BCUT2D eigenvalue weighted by Gasteiger charge is 2.22. The van der Waals surface area contributed by atoms with Crippen LogP contribution in [0.1, 0.15) is 44.2 Å². The maximum absolute atomic E-state index is 12.2. The molecular weight excluding hydrogens is 332 g/mol. The number of nitrogens with zero attached hydrogens (tertiary/aromatic N) is 3. The number of aromatic amines is 1. The Bertz CT molecular complexity index is 694. The maximum Gasteiger partial charge on any atom is 0.328 e. The predicted molar refractivity (Wildman–Crippen MR) is 100 cm³/mol. The first-order chi connectivity index (χ1) is 12.5. The van der Waals surface area contributed by atoms with Gasteiger partial charge in [-0.15, -0.1) is 0 Å². The molecular formula is C19H30N4O3. The molecule has 0 bridgehead atoms. The summed E-state index contributed by atoms with van der Waals surface area (Å²) in [4.78, 5) is 43.0. The summed E-state index contributed by atoms with van der Waals surface area (Å²) in [5.74, 6) is 0.936. The molecule has 3 heterocycles. The number of piperidine rings is 1. The number of nitrogens with one attached hydrogen (secondary N) is 1. The van der Waals surface area contributed by atoms with Crippen LogP contribution in [-0.2, 0) is 11.3 Å². The fraction of sp³-hybridized carbons (Fsp3) is 0.737. The number of carbonyl (C=O) groups excluding carboxylic acids is 1. The normalized spacial score (nSPS) is 19.2. The molecule has 3 rings (SSSR count). The van der Waals surface area contributed by atoms with Gasteiger partial charge in [-0.3, -0.25) is 14.2 Å². The third kappa shape index (κ3) is 4.84. The van der Waals surface area contributed by atoms with Gasteiger partial charge in [0.15, 0.2) is 0 Å². The SMILES string of the molecule is Cc1cc(=O)n(CCN2CCC(CCC(=O)N3CCCC3)CC2)c(=O)[nH]1. The van der Waals surface area contributed by atoms with E-state index in [2.05, 4.69) is 9.88 Å². The van der Waals surface area contributed by atoms with Gasteiger partial charge in [0.1, 0.15) is 0 Å². The zero-order valence-electron chi connectivity index (χ0n) is 15.7. The molecule has 2 fully saturated rings. The lowest BCUT2D eigenvalue weighted by Crippen LogP contribution is -2.41. The molecule has 1 N–H and O–H groups in total. The van der Waals surface area contributed by atoms with Crippen molar-refractivity contribution in [1.29, 1.82) is 0 Å². The van der Waals surface area contributed by atoms with Gasteiger partial charge in [-0.05, 0) is 58.0 Å². The largest absolute Gasteiger partial charge is 0.343 e. The van der Waals surface area contributed by atoms with Crippen molar-refractivity contribution < 1.29 is 4.79 Å². The number of rotatable bonds is 6. The zero-order chi connectivity index (χ0) is 18.5. The second-order valence-corrected chi connectivity index (χ2v) is 7.66. The number of aryl methyl sites for hydroxylation is 1. The lowest BCUT2D eigenvalue weighted by Gasteiger charge is -2.32. The zero-order valence-corrected chi connectivity index (χ0v) is 15.7. The molecule has 1 aromatic heterocycles. The molecule has 26 heavy (non-hydrogen) atoms. The van der Waals surface area contributed by atoms with Crippen LogP contribution in [0.3, 0.4) is 0 Å². The summed E-state index contributed by atoms with van der Waals surface area (Å²) in [5, 5.41) is 0. The third-order valence-electron chi connectivity index (χ3n) is 5.73. The van der Waals surface area contributed by atoms with Crippen molar-refractivity contribution in [1.82, 2.24) is 19.4 Å². The number of amides is 1. The highest BCUT2D eigenvalue weighted by Crippen LogP contribution is 2.22.